The first kappa shape index (κ1) is 82.0. The molecule has 0 aliphatic rings. The number of fused-ring (bicyclic) bond motifs is 1. The molecular weight excluding hydrogens is 1590 g/mol. The summed E-state index contributed by atoms with van der Waals surface area (Å²) in [5.74, 6) is 0.543. The predicted molar refractivity (Wildman–Crippen MR) is 481 cm³/mol. The molecule has 0 atom stereocenters. The molecule has 7 nitrogen and oxygen atoms in total. The summed E-state index contributed by atoms with van der Waals surface area (Å²) < 4.78 is 2.77. The van der Waals surface area contributed by atoms with Crippen molar-refractivity contribution < 1.29 is 30.5 Å². The summed E-state index contributed by atoms with van der Waals surface area (Å²) in [6, 6.07) is 144. The molecule has 0 spiro atoms. The predicted octanol–water partition coefficient (Wildman–Crippen LogP) is 18.6. The first-order chi connectivity index (χ1) is 54.1. The summed E-state index contributed by atoms with van der Waals surface area (Å²) in [5, 5.41) is 42.5. The van der Waals surface area contributed by atoms with Gasteiger partial charge < -0.3 is 15.4 Å². The van der Waals surface area contributed by atoms with Crippen LogP contribution in [-0.2, 0) is 27.5 Å². The van der Waals surface area contributed by atoms with Gasteiger partial charge in [0.2, 0.25) is 5.95 Å². The van der Waals surface area contributed by atoms with Crippen molar-refractivity contribution >= 4 is 164 Å². The Labute approximate surface area is 685 Å². The van der Waals surface area contributed by atoms with Gasteiger partial charge >= 0.3 is 7.12 Å². The minimum Gasteiger partial charge on any atom is -0.423 e. The summed E-state index contributed by atoms with van der Waals surface area (Å²) >= 11 is 13.7. The van der Waals surface area contributed by atoms with Crippen LogP contribution in [0.15, 0.2) is 431 Å². The fraction of sp³-hybridized carbons (Fsp3) is 0.0211. The van der Waals surface area contributed by atoms with Gasteiger partial charge in [0.15, 0.2) is 0 Å². The van der Waals surface area contributed by atoms with Gasteiger partial charge in [-0.05, 0) is 114 Å². The molecule has 0 unspecified atom stereocenters. The van der Waals surface area contributed by atoms with Crippen LogP contribution >= 0.6 is 66.2 Å². The Balaban J connectivity index is 0.000000133. The third kappa shape index (κ3) is 23.6. The minimum absolute atomic E-state index is 0. The Hall–Kier alpha value is -9.92. The first-order valence-electron chi connectivity index (χ1n) is 35.8. The number of aryl methyl sites for hydroxylation is 2. The number of halogens is 2. The number of rotatable bonds is 16. The maximum atomic E-state index is 8.68. The molecule has 3 heterocycles. The van der Waals surface area contributed by atoms with E-state index < -0.39 is 38.8 Å². The average Bonchev–Trinajstić information content (AvgIpc) is 1.59. The van der Waals surface area contributed by atoms with E-state index in [-0.39, 0.29) is 20.4 Å². The van der Waals surface area contributed by atoms with Crippen LogP contribution in [-0.4, -0.2) is 36.9 Å². The SMILES string of the molecule is Cc1sc2cnc(Nc3cnn(C)c3)nc2c1-c1ccccc1Cl.OB(O)c1ccccc1Cl.[Pd].c1ccc(P(c2ccccc2)c2ccccc2)cc1.c1ccc(P(c2ccccc2)c2ccccc2)cc1.c1ccc(P(c2ccccc2)c2ccccc2)cc1.c1ccc(P(c2ccccc2)c2ccccc2)cc1. The smallest absolute Gasteiger partial charge is 0.423 e. The molecule has 0 radical (unpaired) electrons. The van der Waals surface area contributed by atoms with Gasteiger partial charge in [-0.15, -0.1) is 11.3 Å². The Kier molecular flexibility index (Phi) is 32.2. The molecule has 550 valence electrons. The van der Waals surface area contributed by atoms with Crippen molar-refractivity contribution in [3.63, 3.8) is 0 Å². The van der Waals surface area contributed by atoms with Crippen molar-refractivity contribution in [3.05, 3.63) is 446 Å². The van der Waals surface area contributed by atoms with Crippen LogP contribution in [0, 0.1) is 6.92 Å². The van der Waals surface area contributed by atoms with Gasteiger partial charge in [0.05, 0.1) is 28.3 Å². The van der Waals surface area contributed by atoms with Gasteiger partial charge in [-0.2, -0.15) is 5.10 Å². The third-order valence-electron chi connectivity index (χ3n) is 17.1. The number of hydrogen-bond acceptors (Lipinski definition) is 7. The van der Waals surface area contributed by atoms with Crippen molar-refractivity contribution in [3.8, 4) is 11.1 Å². The van der Waals surface area contributed by atoms with E-state index in [2.05, 4.69) is 386 Å². The van der Waals surface area contributed by atoms with E-state index in [1.54, 1.807) is 46.5 Å². The molecule has 0 saturated carbocycles. The molecule has 3 N–H and O–H groups in total. The third-order valence-corrected chi connectivity index (χ3v) is 28.5. The number of hydrogen-bond donors (Lipinski definition) is 3. The molecule has 0 aliphatic carbocycles. The maximum Gasteiger partial charge on any atom is 0.489 e. The molecule has 17 rings (SSSR count). The minimum atomic E-state index is -1.48. The number of nitrogens with one attached hydrogen (secondary N) is 1. The van der Waals surface area contributed by atoms with Gasteiger partial charge in [-0.1, -0.05) is 424 Å². The van der Waals surface area contributed by atoms with Crippen molar-refractivity contribution in [2.75, 3.05) is 5.32 Å². The van der Waals surface area contributed by atoms with Gasteiger partial charge in [0.25, 0.3) is 0 Å². The number of nitrogens with zero attached hydrogens (tertiary/aromatic N) is 4. The summed E-state index contributed by atoms with van der Waals surface area (Å²) in [5.41, 5.74) is 4.16. The molecule has 16 heteroatoms. The number of aromatic nitrogens is 4. The van der Waals surface area contributed by atoms with E-state index in [0.717, 1.165) is 32.1 Å². The van der Waals surface area contributed by atoms with Gasteiger partial charge in [0, 0.05) is 65.2 Å². The van der Waals surface area contributed by atoms with Gasteiger partial charge in [0.1, 0.15) is 0 Å². The normalized spacial score (nSPS) is 10.5. The van der Waals surface area contributed by atoms with Gasteiger partial charge in [-0.3, -0.25) is 4.68 Å². The van der Waals surface area contributed by atoms with Crippen LogP contribution in [0.5, 0.6) is 0 Å². The van der Waals surface area contributed by atoms with E-state index in [4.69, 9.17) is 38.2 Å². The topological polar surface area (TPSA) is 96.1 Å². The summed E-state index contributed by atoms with van der Waals surface area (Å²) in [6.07, 6.45) is 5.46. The number of thiophene rings is 1. The number of benzene rings is 14. The Bertz CT molecular complexity index is 4660. The Morgan fingerprint density at radius 1 is 0.342 bits per heavy atom. The van der Waals surface area contributed by atoms with Crippen LogP contribution in [0.2, 0.25) is 10.0 Å². The van der Waals surface area contributed by atoms with Crippen molar-refractivity contribution in [2.45, 2.75) is 6.92 Å². The summed E-state index contributed by atoms with van der Waals surface area (Å²) in [6.45, 7) is 2.08. The van der Waals surface area contributed by atoms with E-state index in [0.29, 0.717) is 16.4 Å². The molecule has 0 aliphatic heterocycles. The zero-order valence-corrected chi connectivity index (χ0v) is 68.5. The first-order valence-corrected chi connectivity index (χ1v) is 42.8. The van der Waals surface area contributed by atoms with E-state index >= 15 is 0 Å². The zero-order valence-electron chi connectivity index (χ0n) is 61.0. The maximum absolute atomic E-state index is 8.68. The van der Waals surface area contributed by atoms with E-state index in [1.165, 1.54) is 68.5 Å². The van der Waals surface area contributed by atoms with E-state index in [1.807, 2.05) is 43.7 Å². The molecule has 3 aromatic heterocycles. The van der Waals surface area contributed by atoms with Crippen LogP contribution < -0.4 is 74.4 Å². The fourth-order valence-electron chi connectivity index (χ4n) is 12.1. The molecule has 111 heavy (non-hydrogen) atoms. The van der Waals surface area contributed by atoms with Crippen molar-refractivity contribution in [1.82, 2.24) is 19.7 Å². The van der Waals surface area contributed by atoms with Crippen molar-refractivity contribution in [2.24, 2.45) is 7.05 Å². The number of anilines is 2. The standard InChI is InChI=1S/4C18H15P.C17H14ClN5S.C6H6BClO2.Pd/c4*1-4-10-16(11-5-1)19(17-12-6-2-7-13-17)18-14-8-3-9-15-18;1-10-15(12-5-3-4-6-13(12)18)16-14(24-10)8-19-17(22-16)21-11-7-20-23(2)9-11;8-6-4-2-1-3-5(6)7(9)10;/h4*1-15H;3-9H,1-2H3,(H,19,21,22);1-4,9-10H;. The van der Waals surface area contributed by atoms with Crippen LogP contribution in [0.3, 0.4) is 0 Å². The quantitative estimate of drug-likeness (QED) is 0.0659. The zero-order chi connectivity index (χ0) is 75.9. The average molecular weight is 1670 g/mol. The van der Waals surface area contributed by atoms with Crippen molar-refractivity contribution in [1.29, 1.82) is 0 Å². The van der Waals surface area contributed by atoms with Gasteiger partial charge in [-0.25, -0.2) is 9.97 Å². The second-order valence-electron chi connectivity index (χ2n) is 24.7. The van der Waals surface area contributed by atoms with Crippen LogP contribution in [0.25, 0.3) is 21.3 Å². The Morgan fingerprint density at radius 3 is 0.829 bits per heavy atom. The van der Waals surface area contributed by atoms with E-state index in [9.17, 15) is 0 Å². The monoisotopic (exact) mass is 1670 g/mol. The molecule has 0 saturated heterocycles. The Morgan fingerprint density at radius 2 is 0.595 bits per heavy atom. The molecule has 17 aromatic rings. The van der Waals surface area contributed by atoms with Crippen LogP contribution in [0.4, 0.5) is 11.6 Å². The molecule has 14 aromatic carbocycles. The second-order valence-corrected chi connectivity index (χ2v) is 35.7. The fourth-order valence-corrected chi connectivity index (χ4v) is 22.7. The second kappa shape index (κ2) is 43.6. The molecule has 0 fully saturated rings. The molecular formula is C95H80BCl2N5O2P4PdS. The van der Waals surface area contributed by atoms with Crippen LogP contribution in [0.1, 0.15) is 4.88 Å². The molecule has 0 amide bonds. The largest absolute Gasteiger partial charge is 0.489 e. The summed E-state index contributed by atoms with van der Waals surface area (Å²) in [7, 11) is -1.39. The summed E-state index contributed by atoms with van der Waals surface area (Å²) in [4.78, 5) is 10.3. The molecule has 0 bridgehead atoms.